The molecule has 4 aliphatic carbocycles. The van der Waals surface area contributed by atoms with Crippen molar-refractivity contribution in [3.05, 3.63) is 28.8 Å². The third-order valence-electron chi connectivity index (χ3n) is 7.21. The van der Waals surface area contributed by atoms with Gasteiger partial charge in [0.2, 0.25) is 11.8 Å². The van der Waals surface area contributed by atoms with Crippen LogP contribution in [0, 0.1) is 38.5 Å². The number of hydrogen-bond donors (Lipinski definition) is 2. The number of likely N-dealkylation sites (N-methyl/N-ethyl adjacent to an activating group) is 1. The van der Waals surface area contributed by atoms with Gasteiger partial charge >= 0.3 is 0 Å². The number of nitrogens with zero attached hydrogens (tertiary/aromatic N) is 1. The number of carbonyl (C=O) groups is 2. The zero-order valence-electron chi connectivity index (χ0n) is 18.3. The van der Waals surface area contributed by atoms with Gasteiger partial charge in [0, 0.05) is 11.2 Å². The Morgan fingerprint density at radius 1 is 0.931 bits per heavy atom. The average molecular weight is 398 g/mol. The Hall–Kier alpha value is -1.88. The molecule has 1 aromatic carbocycles. The molecule has 0 saturated heterocycles. The first-order chi connectivity index (χ1) is 13.7. The first kappa shape index (κ1) is 20.4. The van der Waals surface area contributed by atoms with E-state index in [1.165, 1.54) is 24.8 Å². The fourth-order valence-corrected chi connectivity index (χ4v) is 6.70. The molecule has 0 heterocycles. The van der Waals surface area contributed by atoms with Crippen LogP contribution in [0.3, 0.4) is 0 Å². The molecule has 4 fully saturated rings. The summed E-state index contributed by atoms with van der Waals surface area (Å²) in [6.45, 7) is 6.56. The van der Waals surface area contributed by atoms with Gasteiger partial charge < -0.3 is 10.6 Å². The van der Waals surface area contributed by atoms with E-state index in [4.69, 9.17) is 0 Å². The molecule has 4 aliphatic rings. The topological polar surface area (TPSA) is 61.4 Å². The van der Waals surface area contributed by atoms with Crippen molar-refractivity contribution in [1.82, 2.24) is 10.2 Å². The summed E-state index contributed by atoms with van der Waals surface area (Å²) in [5.41, 5.74) is 4.24. The van der Waals surface area contributed by atoms with Gasteiger partial charge in [-0.25, -0.2) is 0 Å². The van der Waals surface area contributed by atoms with Crippen LogP contribution in [0.2, 0.25) is 0 Å². The highest BCUT2D eigenvalue weighted by Crippen LogP contribution is 2.55. The van der Waals surface area contributed by atoms with Crippen molar-refractivity contribution < 1.29 is 9.59 Å². The van der Waals surface area contributed by atoms with Crippen LogP contribution >= 0.6 is 0 Å². The maximum Gasteiger partial charge on any atom is 0.238 e. The maximum absolute atomic E-state index is 12.7. The van der Waals surface area contributed by atoms with Gasteiger partial charge in [0.05, 0.1) is 13.1 Å². The van der Waals surface area contributed by atoms with E-state index in [1.54, 1.807) is 0 Å². The maximum atomic E-state index is 12.7. The molecule has 0 unspecified atom stereocenters. The molecule has 2 N–H and O–H groups in total. The Bertz CT molecular complexity index is 758. The van der Waals surface area contributed by atoms with E-state index in [9.17, 15) is 9.59 Å². The highest BCUT2D eigenvalue weighted by molar-refractivity contribution is 5.94. The molecule has 0 atom stereocenters. The molecule has 0 aliphatic heterocycles. The summed E-state index contributed by atoms with van der Waals surface area (Å²) >= 11 is 0. The molecule has 5 nitrogen and oxygen atoms in total. The highest BCUT2D eigenvalue weighted by Gasteiger charge is 2.51. The van der Waals surface area contributed by atoms with Crippen LogP contribution < -0.4 is 10.6 Å². The number of amides is 2. The number of rotatable bonds is 6. The molecule has 0 radical (unpaired) electrons. The van der Waals surface area contributed by atoms with Crippen molar-refractivity contribution in [2.75, 3.05) is 25.5 Å². The summed E-state index contributed by atoms with van der Waals surface area (Å²) in [5, 5.41) is 6.41. The van der Waals surface area contributed by atoms with Gasteiger partial charge in [-0.15, -0.1) is 0 Å². The van der Waals surface area contributed by atoms with E-state index in [-0.39, 0.29) is 30.4 Å². The Kier molecular flexibility index (Phi) is 5.45. The fraction of sp³-hybridized carbons (Fsp3) is 0.667. The minimum Gasteiger partial charge on any atom is -0.350 e. The van der Waals surface area contributed by atoms with Crippen LogP contribution in [0.5, 0.6) is 0 Å². The molecule has 1 aromatic rings. The van der Waals surface area contributed by atoms with Crippen molar-refractivity contribution in [3.63, 3.8) is 0 Å². The molecule has 5 rings (SSSR count). The van der Waals surface area contributed by atoms with Gasteiger partial charge in [-0.1, -0.05) is 17.7 Å². The first-order valence-electron chi connectivity index (χ1n) is 11.1. The average Bonchev–Trinajstić information content (AvgIpc) is 2.55. The number of aryl methyl sites for hydroxylation is 3. The van der Waals surface area contributed by atoms with Gasteiger partial charge in [-0.05, 0) is 95.2 Å². The third kappa shape index (κ3) is 4.50. The van der Waals surface area contributed by atoms with E-state index in [0.29, 0.717) is 0 Å². The molecule has 4 saturated carbocycles. The number of nitrogens with one attached hydrogen (secondary N) is 2. The van der Waals surface area contributed by atoms with Gasteiger partial charge in [0.1, 0.15) is 0 Å². The van der Waals surface area contributed by atoms with Crippen molar-refractivity contribution in [3.8, 4) is 0 Å². The molecular weight excluding hydrogens is 362 g/mol. The second-order valence-corrected chi connectivity index (χ2v) is 10.2. The Morgan fingerprint density at radius 3 is 1.93 bits per heavy atom. The van der Waals surface area contributed by atoms with E-state index in [1.807, 2.05) is 25.8 Å². The molecule has 0 aromatic heterocycles. The molecule has 158 valence electrons. The van der Waals surface area contributed by atoms with Crippen molar-refractivity contribution in [1.29, 1.82) is 0 Å². The van der Waals surface area contributed by atoms with Gasteiger partial charge in [-0.2, -0.15) is 0 Å². The molecular formula is C24H35N3O2. The van der Waals surface area contributed by atoms with Crippen LogP contribution in [0.25, 0.3) is 0 Å². The van der Waals surface area contributed by atoms with Crippen LogP contribution in [0.4, 0.5) is 5.69 Å². The number of carbonyl (C=O) groups excluding carboxylic acids is 2. The van der Waals surface area contributed by atoms with E-state index in [2.05, 4.69) is 29.7 Å². The predicted molar refractivity (Wildman–Crippen MR) is 116 cm³/mol. The van der Waals surface area contributed by atoms with Gasteiger partial charge in [-0.3, -0.25) is 14.5 Å². The number of anilines is 1. The lowest BCUT2D eigenvalue weighted by Gasteiger charge is -2.57. The predicted octanol–water partition coefficient (Wildman–Crippen LogP) is 3.57. The standard InChI is InChI=1S/C24H35N3O2/c1-15-5-16(2)23(17(3)6-15)25-21(28)13-27(4)14-22(29)26-24-10-18-7-19(11-24)9-20(8-18)12-24/h5-6,18-20H,7-14H2,1-4H3,(H,25,28)(H,26,29). The lowest BCUT2D eigenvalue weighted by atomic mass is 9.53. The minimum absolute atomic E-state index is 0.0328. The SMILES string of the molecule is Cc1cc(C)c(NC(=O)CN(C)CC(=O)NC23CC4CC(CC(C4)C2)C3)c(C)c1. The second-order valence-electron chi connectivity index (χ2n) is 10.2. The number of benzene rings is 1. The van der Waals surface area contributed by atoms with Crippen LogP contribution in [0.1, 0.15) is 55.2 Å². The molecule has 4 bridgehead atoms. The summed E-state index contributed by atoms with van der Waals surface area (Å²) < 4.78 is 0. The Morgan fingerprint density at radius 2 is 1.41 bits per heavy atom. The largest absolute Gasteiger partial charge is 0.350 e. The fourth-order valence-electron chi connectivity index (χ4n) is 6.70. The zero-order chi connectivity index (χ0) is 20.8. The van der Waals surface area contributed by atoms with Crippen molar-refractivity contribution in [2.24, 2.45) is 17.8 Å². The second kappa shape index (κ2) is 7.75. The molecule has 0 spiro atoms. The highest BCUT2D eigenvalue weighted by atomic mass is 16.2. The van der Waals surface area contributed by atoms with Gasteiger partial charge in [0.25, 0.3) is 0 Å². The summed E-state index contributed by atoms with van der Waals surface area (Å²) in [6, 6.07) is 4.15. The lowest BCUT2D eigenvalue weighted by molar-refractivity contribution is -0.128. The minimum atomic E-state index is -0.0786. The van der Waals surface area contributed by atoms with E-state index >= 15 is 0 Å². The summed E-state index contributed by atoms with van der Waals surface area (Å²) in [4.78, 5) is 27.1. The van der Waals surface area contributed by atoms with Crippen LogP contribution in [-0.2, 0) is 9.59 Å². The molecule has 2 amide bonds. The molecule has 5 heteroatoms. The first-order valence-corrected chi connectivity index (χ1v) is 11.1. The van der Waals surface area contributed by atoms with Crippen molar-refractivity contribution >= 4 is 17.5 Å². The Labute approximate surface area is 174 Å². The number of hydrogen-bond acceptors (Lipinski definition) is 3. The monoisotopic (exact) mass is 397 g/mol. The quantitative estimate of drug-likeness (QED) is 0.771. The van der Waals surface area contributed by atoms with E-state index < -0.39 is 0 Å². The van der Waals surface area contributed by atoms with Crippen molar-refractivity contribution in [2.45, 2.75) is 64.8 Å². The normalized spacial score (nSPS) is 29.9. The lowest BCUT2D eigenvalue weighted by Crippen LogP contribution is -2.61. The third-order valence-corrected chi connectivity index (χ3v) is 7.21. The smallest absolute Gasteiger partial charge is 0.238 e. The van der Waals surface area contributed by atoms with Gasteiger partial charge in [0.15, 0.2) is 0 Å². The molecule has 29 heavy (non-hydrogen) atoms. The summed E-state index contributed by atoms with van der Waals surface area (Å²) in [7, 11) is 1.84. The van der Waals surface area contributed by atoms with Crippen LogP contribution in [0.15, 0.2) is 12.1 Å². The van der Waals surface area contributed by atoms with Crippen LogP contribution in [-0.4, -0.2) is 42.4 Å². The summed E-state index contributed by atoms with van der Waals surface area (Å²) in [6.07, 6.45) is 7.57. The zero-order valence-corrected chi connectivity index (χ0v) is 18.3. The summed E-state index contributed by atoms with van der Waals surface area (Å²) in [5.74, 6) is 2.42. The van der Waals surface area contributed by atoms with E-state index in [0.717, 1.165) is 53.8 Å². The Balaban J connectivity index is 1.29.